The van der Waals surface area contributed by atoms with Crippen molar-refractivity contribution in [3.8, 4) is 0 Å². The van der Waals surface area contributed by atoms with Crippen molar-refractivity contribution in [1.29, 1.82) is 0 Å². The molecule has 142 valence electrons. The Labute approximate surface area is 159 Å². The monoisotopic (exact) mass is 392 g/mol. The molecule has 1 heterocycles. The molecule has 0 aliphatic rings. The van der Waals surface area contributed by atoms with Crippen LogP contribution in [-0.4, -0.2) is 17.0 Å². The number of para-hydroxylation sites is 1. The number of carbonyl (C=O) groups is 1. The Kier molecular flexibility index (Phi) is 5.95. The van der Waals surface area contributed by atoms with Gasteiger partial charge in [-0.3, -0.25) is 4.79 Å². The highest BCUT2D eigenvalue weighted by molar-refractivity contribution is 8.00. The van der Waals surface area contributed by atoms with Crippen molar-refractivity contribution in [2.75, 3.05) is 5.75 Å². The second kappa shape index (κ2) is 8.21. The zero-order valence-corrected chi connectivity index (χ0v) is 15.6. The first kappa shape index (κ1) is 19.5. The standard InChI is InChI=1S/C21H19F3O2S/c1-14-5-4-7-15(11-14)18(25)10-9-17(13-27-21(22,23)24)20-12-16-6-2-3-8-19(16)26-20/h2-8,11-12,17H,9-10,13H2,1H3. The molecule has 1 aromatic heterocycles. The Balaban J connectivity index is 1.76. The minimum atomic E-state index is -4.31. The van der Waals surface area contributed by atoms with Crippen molar-refractivity contribution in [3.63, 3.8) is 0 Å². The molecule has 0 saturated carbocycles. The van der Waals surface area contributed by atoms with Crippen LogP contribution in [0.3, 0.4) is 0 Å². The molecule has 0 radical (unpaired) electrons. The molecule has 27 heavy (non-hydrogen) atoms. The number of rotatable bonds is 7. The highest BCUT2D eigenvalue weighted by Crippen LogP contribution is 2.37. The number of hydrogen-bond donors (Lipinski definition) is 0. The van der Waals surface area contributed by atoms with Crippen molar-refractivity contribution < 1.29 is 22.4 Å². The molecule has 3 aromatic rings. The average molecular weight is 392 g/mol. The fourth-order valence-electron chi connectivity index (χ4n) is 2.97. The number of Topliss-reactive ketones (excluding diaryl/α,β-unsaturated/α-hetero) is 1. The summed E-state index contributed by atoms with van der Waals surface area (Å²) in [7, 11) is 0. The van der Waals surface area contributed by atoms with Crippen molar-refractivity contribution in [2.24, 2.45) is 0 Å². The van der Waals surface area contributed by atoms with Gasteiger partial charge in [-0.1, -0.05) is 53.7 Å². The van der Waals surface area contributed by atoms with Crippen LogP contribution in [0.2, 0.25) is 0 Å². The highest BCUT2D eigenvalue weighted by atomic mass is 32.2. The fraction of sp³-hybridized carbons (Fsp3) is 0.286. The molecule has 0 N–H and O–H groups in total. The maximum atomic E-state index is 12.7. The van der Waals surface area contributed by atoms with Gasteiger partial charge >= 0.3 is 5.51 Å². The zero-order valence-electron chi connectivity index (χ0n) is 14.8. The maximum Gasteiger partial charge on any atom is 0.441 e. The van der Waals surface area contributed by atoms with Gasteiger partial charge < -0.3 is 4.42 Å². The third-order valence-electron chi connectivity index (χ3n) is 4.36. The lowest BCUT2D eigenvalue weighted by atomic mass is 9.97. The van der Waals surface area contributed by atoms with E-state index < -0.39 is 11.4 Å². The summed E-state index contributed by atoms with van der Waals surface area (Å²) in [6.45, 7) is 1.90. The van der Waals surface area contributed by atoms with E-state index in [9.17, 15) is 18.0 Å². The van der Waals surface area contributed by atoms with Crippen LogP contribution in [0.4, 0.5) is 13.2 Å². The molecule has 0 saturated heterocycles. The van der Waals surface area contributed by atoms with E-state index in [1.807, 2.05) is 31.2 Å². The number of hydrogen-bond acceptors (Lipinski definition) is 3. The molecule has 2 aromatic carbocycles. The number of aryl methyl sites for hydroxylation is 1. The van der Waals surface area contributed by atoms with Crippen molar-refractivity contribution in [3.05, 3.63) is 71.5 Å². The number of thioether (sulfide) groups is 1. The van der Waals surface area contributed by atoms with E-state index in [1.54, 1.807) is 30.3 Å². The molecular formula is C21H19F3O2S. The van der Waals surface area contributed by atoms with Gasteiger partial charge in [-0.2, -0.15) is 13.2 Å². The van der Waals surface area contributed by atoms with E-state index >= 15 is 0 Å². The predicted octanol–water partition coefficient (Wildman–Crippen LogP) is 6.74. The summed E-state index contributed by atoms with van der Waals surface area (Å²) in [6.07, 6.45) is 0.471. The summed E-state index contributed by atoms with van der Waals surface area (Å²) in [5.74, 6) is -0.246. The molecule has 0 aliphatic heterocycles. The minimum absolute atomic E-state index is 0.0724. The maximum absolute atomic E-state index is 12.7. The van der Waals surface area contributed by atoms with Crippen LogP contribution in [0.25, 0.3) is 11.0 Å². The number of benzene rings is 2. The second-order valence-electron chi connectivity index (χ2n) is 6.47. The highest BCUT2D eigenvalue weighted by Gasteiger charge is 2.31. The number of halogens is 3. The minimum Gasteiger partial charge on any atom is -0.461 e. The number of furan rings is 1. The van der Waals surface area contributed by atoms with E-state index in [-0.39, 0.29) is 29.7 Å². The Morgan fingerprint density at radius 2 is 1.89 bits per heavy atom. The number of alkyl halides is 3. The van der Waals surface area contributed by atoms with Gasteiger partial charge in [0.1, 0.15) is 11.3 Å². The van der Waals surface area contributed by atoms with E-state index in [1.165, 1.54) is 0 Å². The van der Waals surface area contributed by atoms with Crippen LogP contribution in [0.5, 0.6) is 0 Å². The van der Waals surface area contributed by atoms with Crippen LogP contribution in [0.15, 0.2) is 59.0 Å². The summed E-state index contributed by atoms with van der Waals surface area (Å²) in [4.78, 5) is 12.4. The summed E-state index contributed by atoms with van der Waals surface area (Å²) in [5, 5.41) is 0.847. The fourth-order valence-corrected chi connectivity index (χ4v) is 3.70. The molecule has 0 spiro atoms. The van der Waals surface area contributed by atoms with Gasteiger partial charge in [0.2, 0.25) is 0 Å². The molecule has 1 atom stereocenters. The zero-order chi connectivity index (χ0) is 19.4. The smallest absolute Gasteiger partial charge is 0.441 e. The van der Waals surface area contributed by atoms with Crippen LogP contribution >= 0.6 is 11.8 Å². The van der Waals surface area contributed by atoms with Gasteiger partial charge in [0.15, 0.2) is 5.78 Å². The Morgan fingerprint density at radius 3 is 2.59 bits per heavy atom. The average Bonchev–Trinajstić information content (AvgIpc) is 3.04. The summed E-state index contributed by atoms with van der Waals surface area (Å²) < 4.78 is 43.9. The van der Waals surface area contributed by atoms with Crippen molar-refractivity contribution >= 4 is 28.5 Å². The van der Waals surface area contributed by atoms with Crippen LogP contribution in [0, 0.1) is 6.92 Å². The van der Waals surface area contributed by atoms with Gasteiger partial charge in [0.25, 0.3) is 0 Å². The molecule has 2 nitrogen and oxygen atoms in total. The molecule has 0 amide bonds. The largest absolute Gasteiger partial charge is 0.461 e. The third-order valence-corrected chi connectivity index (χ3v) is 5.25. The van der Waals surface area contributed by atoms with Crippen LogP contribution in [0.1, 0.15) is 40.4 Å². The van der Waals surface area contributed by atoms with Gasteiger partial charge in [-0.25, -0.2) is 0 Å². The first-order valence-corrected chi connectivity index (χ1v) is 9.59. The van der Waals surface area contributed by atoms with Crippen LogP contribution in [-0.2, 0) is 0 Å². The quantitative estimate of drug-likeness (QED) is 0.417. The van der Waals surface area contributed by atoms with E-state index in [0.29, 0.717) is 23.3 Å². The van der Waals surface area contributed by atoms with Gasteiger partial charge in [-0.15, -0.1) is 0 Å². The molecule has 0 aliphatic carbocycles. The number of fused-ring (bicyclic) bond motifs is 1. The lowest BCUT2D eigenvalue weighted by Crippen LogP contribution is -2.10. The third kappa shape index (κ3) is 5.39. The lowest BCUT2D eigenvalue weighted by Gasteiger charge is -2.15. The van der Waals surface area contributed by atoms with Gasteiger partial charge in [0.05, 0.1) is 0 Å². The van der Waals surface area contributed by atoms with Crippen molar-refractivity contribution in [2.45, 2.75) is 31.2 Å². The first-order chi connectivity index (χ1) is 12.8. The predicted molar refractivity (Wildman–Crippen MR) is 102 cm³/mol. The molecule has 1 unspecified atom stereocenters. The van der Waals surface area contributed by atoms with Gasteiger partial charge in [0, 0.05) is 29.0 Å². The first-order valence-electron chi connectivity index (χ1n) is 8.61. The van der Waals surface area contributed by atoms with E-state index in [4.69, 9.17) is 4.42 Å². The second-order valence-corrected chi connectivity index (χ2v) is 7.56. The topological polar surface area (TPSA) is 30.2 Å². The molecule has 0 bridgehead atoms. The van der Waals surface area contributed by atoms with Crippen LogP contribution < -0.4 is 0 Å². The number of carbonyl (C=O) groups excluding carboxylic acids is 1. The van der Waals surface area contributed by atoms with E-state index in [0.717, 1.165) is 10.9 Å². The Morgan fingerprint density at radius 1 is 1.11 bits per heavy atom. The van der Waals surface area contributed by atoms with E-state index in [2.05, 4.69) is 0 Å². The Hall–Kier alpha value is -2.21. The summed E-state index contributed by atoms with van der Waals surface area (Å²) in [6, 6.07) is 16.3. The van der Waals surface area contributed by atoms with Crippen molar-refractivity contribution in [1.82, 2.24) is 0 Å². The SMILES string of the molecule is Cc1cccc(C(=O)CCC(CSC(F)(F)F)c2cc3ccccc3o2)c1. The normalized spacial score (nSPS) is 13.0. The lowest BCUT2D eigenvalue weighted by molar-refractivity contribution is -0.0328. The van der Waals surface area contributed by atoms with Gasteiger partial charge in [-0.05, 0) is 31.5 Å². The molecule has 6 heteroatoms. The number of ketones is 1. The summed E-state index contributed by atoms with van der Waals surface area (Å²) in [5.41, 5.74) is -2.12. The Bertz CT molecular complexity index is 897. The molecule has 0 fully saturated rings. The molecular weight excluding hydrogens is 373 g/mol. The molecule has 3 rings (SSSR count). The summed E-state index contributed by atoms with van der Waals surface area (Å²) >= 11 is -0.0750.